The van der Waals surface area contributed by atoms with Gasteiger partial charge in [0.1, 0.15) is 5.82 Å². The first-order valence-corrected chi connectivity index (χ1v) is 12.4. The zero-order valence-electron chi connectivity index (χ0n) is 21.3. The lowest BCUT2D eigenvalue weighted by molar-refractivity contribution is 0.527. The molecule has 0 aliphatic rings. The van der Waals surface area contributed by atoms with E-state index in [-0.39, 0.29) is 5.82 Å². The third-order valence-corrected chi connectivity index (χ3v) is 6.49. The van der Waals surface area contributed by atoms with Crippen LogP contribution < -0.4 is 4.90 Å². The van der Waals surface area contributed by atoms with Crippen LogP contribution in [0.3, 0.4) is 0 Å². The molecular weight excluding hydrogens is 460 g/mol. The maximum Gasteiger partial charge on any atom is 0.155 e. The van der Waals surface area contributed by atoms with Crippen LogP contribution in [0, 0.1) is 11.6 Å². The van der Waals surface area contributed by atoms with Gasteiger partial charge in [-0.05, 0) is 66.8 Å². The average Bonchev–Trinajstić information content (AvgIpc) is 2.91. The summed E-state index contributed by atoms with van der Waals surface area (Å²) in [5, 5.41) is 0. The topological polar surface area (TPSA) is 3.24 Å². The quantitative estimate of drug-likeness (QED) is 0.237. The van der Waals surface area contributed by atoms with Gasteiger partial charge in [-0.25, -0.2) is 8.78 Å². The van der Waals surface area contributed by atoms with Crippen molar-refractivity contribution in [2.24, 2.45) is 0 Å². The average molecular weight is 490 g/mol. The van der Waals surface area contributed by atoms with Crippen molar-refractivity contribution in [3.8, 4) is 33.4 Å². The van der Waals surface area contributed by atoms with Crippen LogP contribution >= 0.6 is 0 Å². The summed E-state index contributed by atoms with van der Waals surface area (Å²) < 4.78 is 31.7. The molecule has 0 aliphatic carbocycles. The Balaban J connectivity index is 1.69. The van der Waals surface area contributed by atoms with Crippen LogP contribution in [0.1, 0.15) is 20.8 Å². The number of para-hydroxylation sites is 1. The fourth-order valence-electron chi connectivity index (χ4n) is 4.82. The zero-order chi connectivity index (χ0) is 26.0. The zero-order valence-corrected chi connectivity index (χ0v) is 21.3. The van der Waals surface area contributed by atoms with Gasteiger partial charge in [0.25, 0.3) is 0 Å². The molecule has 0 unspecified atom stereocenters. The summed E-state index contributed by atoms with van der Waals surface area (Å²) in [6, 6.07) is 38.1. The second kappa shape index (κ2) is 10.0. The van der Waals surface area contributed by atoms with Crippen LogP contribution in [-0.4, -0.2) is 5.54 Å². The molecule has 0 aliphatic heterocycles. The lowest BCUT2D eigenvalue weighted by Gasteiger charge is -2.38. The molecule has 0 amide bonds. The lowest BCUT2D eigenvalue weighted by atomic mass is 9.91. The molecule has 37 heavy (non-hydrogen) atoms. The van der Waals surface area contributed by atoms with Gasteiger partial charge >= 0.3 is 0 Å². The Morgan fingerprint density at radius 2 is 1.00 bits per heavy atom. The van der Waals surface area contributed by atoms with Crippen molar-refractivity contribution in [3.63, 3.8) is 0 Å². The molecule has 5 rings (SSSR count). The summed E-state index contributed by atoms with van der Waals surface area (Å²) in [6.07, 6.45) is 0. The van der Waals surface area contributed by atoms with E-state index in [1.807, 2.05) is 87.5 Å². The molecule has 0 aromatic heterocycles. The molecule has 0 spiro atoms. The fraction of sp³-hybridized carbons (Fsp3) is 0.118. The van der Waals surface area contributed by atoms with Crippen molar-refractivity contribution in [1.82, 2.24) is 0 Å². The minimum Gasteiger partial charge on any atom is -0.331 e. The van der Waals surface area contributed by atoms with Crippen LogP contribution in [0.5, 0.6) is 0 Å². The van der Waals surface area contributed by atoms with Crippen molar-refractivity contribution in [2.75, 3.05) is 4.90 Å². The Kier molecular flexibility index (Phi) is 6.62. The van der Waals surface area contributed by atoms with Crippen LogP contribution in [0.25, 0.3) is 33.4 Å². The van der Waals surface area contributed by atoms with E-state index in [9.17, 15) is 4.39 Å². The summed E-state index contributed by atoms with van der Waals surface area (Å²) in [7, 11) is 0. The highest BCUT2D eigenvalue weighted by atomic mass is 19.1. The lowest BCUT2D eigenvalue weighted by Crippen LogP contribution is -2.38. The predicted octanol–water partition coefficient (Wildman–Crippen LogP) is 9.90. The molecule has 3 heteroatoms. The van der Waals surface area contributed by atoms with E-state index < -0.39 is 11.4 Å². The van der Waals surface area contributed by atoms with Crippen LogP contribution in [0.2, 0.25) is 0 Å². The highest BCUT2D eigenvalue weighted by Gasteiger charge is 2.30. The Bertz CT molecular complexity index is 1500. The van der Waals surface area contributed by atoms with Gasteiger partial charge in [0.15, 0.2) is 5.82 Å². The Morgan fingerprint density at radius 3 is 1.59 bits per heavy atom. The van der Waals surface area contributed by atoms with E-state index in [1.165, 1.54) is 6.07 Å². The molecule has 0 bridgehead atoms. The predicted molar refractivity (Wildman–Crippen MR) is 151 cm³/mol. The molecule has 0 saturated carbocycles. The number of hydrogen-bond donors (Lipinski definition) is 0. The van der Waals surface area contributed by atoms with Crippen molar-refractivity contribution in [2.45, 2.75) is 26.3 Å². The van der Waals surface area contributed by atoms with Crippen molar-refractivity contribution >= 4 is 11.4 Å². The molecule has 0 radical (unpaired) electrons. The number of rotatable bonds is 5. The number of benzene rings is 5. The highest BCUT2D eigenvalue weighted by molar-refractivity contribution is 5.88. The summed E-state index contributed by atoms with van der Waals surface area (Å²) in [5.74, 6) is -0.771. The Hall–Kier alpha value is -4.24. The third-order valence-electron chi connectivity index (χ3n) is 6.49. The van der Waals surface area contributed by atoms with Gasteiger partial charge in [0, 0.05) is 11.1 Å². The van der Waals surface area contributed by atoms with E-state index in [0.717, 1.165) is 27.8 Å². The van der Waals surface area contributed by atoms with Crippen LogP contribution in [0.15, 0.2) is 121 Å². The van der Waals surface area contributed by atoms with E-state index in [1.54, 1.807) is 29.2 Å². The molecule has 5 aromatic rings. The van der Waals surface area contributed by atoms with Crippen molar-refractivity contribution < 1.29 is 8.78 Å². The van der Waals surface area contributed by atoms with Crippen LogP contribution in [-0.2, 0) is 0 Å². The van der Waals surface area contributed by atoms with E-state index in [2.05, 4.69) is 24.3 Å². The molecule has 0 heterocycles. The second-order valence-corrected chi connectivity index (χ2v) is 10.1. The van der Waals surface area contributed by atoms with Gasteiger partial charge in [0.2, 0.25) is 0 Å². The number of nitrogens with zero attached hydrogens (tertiary/aromatic N) is 1. The molecule has 0 saturated heterocycles. The number of anilines is 2. The van der Waals surface area contributed by atoms with Gasteiger partial charge in [0.05, 0.1) is 11.4 Å². The molecule has 0 atom stereocenters. The number of halogens is 2. The summed E-state index contributed by atoms with van der Waals surface area (Å²) in [4.78, 5) is 1.74. The van der Waals surface area contributed by atoms with E-state index in [0.29, 0.717) is 16.9 Å². The van der Waals surface area contributed by atoms with Gasteiger partial charge in [-0.1, -0.05) is 103 Å². The van der Waals surface area contributed by atoms with Crippen molar-refractivity contribution in [1.29, 1.82) is 0 Å². The highest BCUT2D eigenvalue weighted by Crippen LogP contribution is 2.43. The smallest absolute Gasteiger partial charge is 0.155 e. The number of hydrogen-bond acceptors (Lipinski definition) is 1. The van der Waals surface area contributed by atoms with E-state index >= 15 is 4.39 Å². The monoisotopic (exact) mass is 489 g/mol. The second-order valence-electron chi connectivity index (χ2n) is 10.1. The first-order valence-electron chi connectivity index (χ1n) is 12.4. The SMILES string of the molecule is CC(C)(C)N(c1ccccc1F)c1ccc(-c2ccc(-c3ccccc3)cc2)c(-c2ccccc2)c1F. The first-order chi connectivity index (χ1) is 17.8. The minimum absolute atomic E-state index is 0.334. The van der Waals surface area contributed by atoms with Crippen LogP contribution in [0.4, 0.5) is 20.2 Å². The van der Waals surface area contributed by atoms with Gasteiger partial charge < -0.3 is 4.90 Å². The summed E-state index contributed by atoms with van der Waals surface area (Å²) in [5.41, 5.74) is 5.30. The van der Waals surface area contributed by atoms with E-state index in [4.69, 9.17) is 0 Å². The maximum atomic E-state index is 16.7. The van der Waals surface area contributed by atoms with Gasteiger partial charge in [-0.15, -0.1) is 0 Å². The Labute approximate surface area is 217 Å². The molecule has 0 N–H and O–H groups in total. The molecule has 0 fully saturated rings. The largest absolute Gasteiger partial charge is 0.331 e. The molecular formula is C34H29F2N. The third kappa shape index (κ3) is 4.90. The molecule has 1 nitrogen and oxygen atoms in total. The first kappa shape index (κ1) is 24.5. The van der Waals surface area contributed by atoms with Gasteiger partial charge in [-0.2, -0.15) is 0 Å². The normalized spacial score (nSPS) is 11.4. The summed E-state index contributed by atoms with van der Waals surface area (Å²) in [6.45, 7) is 5.87. The minimum atomic E-state index is -0.574. The standard InChI is InChI=1S/C34H29F2N/c1-34(2,3)37(30-17-11-10-16-29(30)35)31-23-22-28(32(33(31)36)27-14-8-5-9-15-27)26-20-18-25(19-21-26)24-12-6-4-7-13-24/h4-23H,1-3H3. The summed E-state index contributed by atoms with van der Waals surface area (Å²) >= 11 is 0. The molecule has 5 aromatic carbocycles. The maximum absolute atomic E-state index is 16.7. The molecule has 184 valence electrons. The van der Waals surface area contributed by atoms with Gasteiger partial charge in [-0.3, -0.25) is 0 Å². The van der Waals surface area contributed by atoms with Crippen molar-refractivity contribution in [3.05, 3.63) is 133 Å². The fourth-order valence-corrected chi connectivity index (χ4v) is 4.82. The Morgan fingerprint density at radius 1 is 0.486 bits per heavy atom.